The summed E-state index contributed by atoms with van der Waals surface area (Å²) in [6.07, 6.45) is 11.3. The zero-order valence-electron chi connectivity index (χ0n) is 11.8. The minimum Gasteiger partial charge on any atom is -0.313 e. The standard InChI is InChI=1S/C15H31NS/c1-3-5-8-12-17-13-15(16-11-4-2)14-9-6-7-10-14/h14-16H,3-13H2,1-2H3. The van der Waals surface area contributed by atoms with Gasteiger partial charge in [-0.3, -0.25) is 0 Å². The van der Waals surface area contributed by atoms with E-state index in [4.69, 9.17) is 0 Å². The lowest BCUT2D eigenvalue weighted by Crippen LogP contribution is -2.37. The summed E-state index contributed by atoms with van der Waals surface area (Å²) in [5.74, 6) is 3.68. The molecule has 0 aliphatic heterocycles. The molecule has 0 saturated heterocycles. The van der Waals surface area contributed by atoms with E-state index in [0.717, 1.165) is 12.0 Å². The van der Waals surface area contributed by atoms with Gasteiger partial charge in [0.15, 0.2) is 0 Å². The normalized spacial score (nSPS) is 18.7. The van der Waals surface area contributed by atoms with Crippen molar-refractivity contribution in [3.63, 3.8) is 0 Å². The molecule has 0 bridgehead atoms. The second-order valence-corrected chi connectivity index (χ2v) is 6.54. The fourth-order valence-electron chi connectivity index (χ4n) is 2.72. The molecule has 0 radical (unpaired) electrons. The summed E-state index contributed by atoms with van der Waals surface area (Å²) in [5, 5.41) is 3.78. The molecule has 1 aliphatic rings. The van der Waals surface area contributed by atoms with E-state index in [1.54, 1.807) is 0 Å². The Morgan fingerprint density at radius 1 is 1.12 bits per heavy atom. The lowest BCUT2D eigenvalue weighted by Gasteiger charge is -2.24. The van der Waals surface area contributed by atoms with Crippen molar-refractivity contribution in [2.45, 2.75) is 71.3 Å². The number of nitrogens with one attached hydrogen (secondary N) is 1. The largest absolute Gasteiger partial charge is 0.313 e. The van der Waals surface area contributed by atoms with Crippen LogP contribution in [0.15, 0.2) is 0 Å². The first kappa shape index (κ1) is 15.4. The summed E-state index contributed by atoms with van der Waals surface area (Å²) in [6.45, 7) is 5.76. The van der Waals surface area contributed by atoms with Crippen LogP contribution in [0.5, 0.6) is 0 Å². The maximum atomic E-state index is 3.78. The lowest BCUT2D eigenvalue weighted by atomic mass is 10.00. The Morgan fingerprint density at radius 2 is 1.88 bits per heavy atom. The second kappa shape index (κ2) is 10.3. The number of rotatable bonds is 10. The molecular weight excluding hydrogens is 226 g/mol. The van der Waals surface area contributed by atoms with Gasteiger partial charge in [0.25, 0.3) is 0 Å². The monoisotopic (exact) mass is 257 g/mol. The minimum absolute atomic E-state index is 0.795. The van der Waals surface area contributed by atoms with Gasteiger partial charge in [-0.25, -0.2) is 0 Å². The predicted molar refractivity (Wildman–Crippen MR) is 80.9 cm³/mol. The third kappa shape index (κ3) is 6.71. The first-order chi connectivity index (χ1) is 8.38. The highest BCUT2D eigenvalue weighted by Gasteiger charge is 2.24. The van der Waals surface area contributed by atoms with Crippen molar-refractivity contribution in [1.82, 2.24) is 5.32 Å². The van der Waals surface area contributed by atoms with Gasteiger partial charge < -0.3 is 5.32 Å². The van der Waals surface area contributed by atoms with Crippen molar-refractivity contribution in [3.8, 4) is 0 Å². The zero-order chi connectivity index (χ0) is 12.3. The molecule has 1 unspecified atom stereocenters. The quantitative estimate of drug-likeness (QED) is 0.580. The van der Waals surface area contributed by atoms with Crippen LogP contribution in [0.3, 0.4) is 0 Å². The van der Waals surface area contributed by atoms with Gasteiger partial charge in [-0.2, -0.15) is 11.8 Å². The summed E-state index contributed by atoms with van der Waals surface area (Å²) in [4.78, 5) is 0. The number of thioether (sulfide) groups is 1. The average Bonchev–Trinajstić information content (AvgIpc) is 2.86. The van der Waals surface area contributed by atoms with Gasteiger partial charge in [0.1, 0.15) is 0 Å². The SMILES string of the molecule is CCCCCSCC(NCCC)C1CCCC1. The zero-order valence-corrected chi connectivity index (χ0v) is 12.7. The van der Waals surface area contributed by atoms with E-state index in [1.807, 2.05) is 0 Å². The van der Waals surface area contributed by atoms with Gasteiger partial charge in [-0.05, 0) is 43.9 Å². The highest BCUT2D eigenvalue weighted by Crippen LogP contribution is 2.29. The minimum atomic E-state index is 0.795. The van der Waals surface area contributed by atoms with Crippen LogP contribution in [0.1, 0.15) is 65.2 Å². The molecule has 0 aromatic rings. The Labute approximate surface area is 113 Å². The average molecular weight is 257 g/mol. The van der Waals surface area contributed by atoms with Crippen LogP contribution < -0.4 is 5.32 Å². The van der Waals surface area contributed by atoms with E-state index in [2.05, 4.69) is 30.9 Å². The van der Waals surface area contributed by atoms with E-state index in [1.165, 1.54) is 69.4 Å². The summed E-state index contributed by atoms with van der Waals surface area (Å²) >= 11 is 2.18. The van der Waals surface area contributed by atoms with Crippen molar-refractivity contribution in [2.75, 3.05) is 18.1 Å². The summed E-state index contributed by atoms with van der Waals surface area (Å²) in [6, 6.07) is 0.795. The first-order valence-electron chi connectivity index (χ1n) is 7.69. The fraction of sp³-hybridized carbons (Fsp3) is 1.00. The van der Waals surface area contributed by atoms with E-state index < -0.39 is 0 Å². The van der Waals surface area contributed by atoms with Crippen molar-refractivity contribution in [1.29, 1.82) is 0 Å². The van der Waals surface area contributed by atoms with Gasteiger partial charge in [-0.15, -0.1) is 0 Å². The molecule has 1 rings (SSSR count). The molecule has 0 spiro atoms. The second-order valence-electron chi connectivity index (χ2n) is 5.39. The van der Waals surface area contributed by atoms with Gasteiger partial charge in [0, 0.05) is 11.8 Å². The molecule has 17 heavy (non-hydrogen) atoms. The van der Waals surface area contributed by atoms with E-state index >= 15 is 0 Å². The molecule has 0 aromatic carbocycles. The van der Waals surface area contributed by atoms with Gasteiger partial charge in [-0.1, -0.05) is 39.5 Å². The van der Waals surface area contributed by atoms with Crippen LogP contribution >= 0.6 is 11.8 Å². The topological polar surface area (TPSA) is 12.0 Å². The lowest BCUT2D eigenvalue weighted by molar-refractivity contribution is 0.388. The van der Waals surface area contributed by atoms with Crippen LogP contribution in [0.25, 0.3) is 0 Å². The van der Waals surface area contributed by atoms with Gasteiger partial charge >= 0.3 is 0 Å². The Bertz CT molecular complexity index is 166. The Kier molecular flexibility index (Phi) is 9.27. The third-order valence-electron chi connectivity index (χ3n) is 3.82. The maximum absolute atomic E-state index is 3.78. The Balaban J connectivity index is 2.15. The summed E-state index contributed by atoms with van der Waals surface area (Å²) < 4.78 is 0. The predicted octanol–water partition coefficient (Wildman–Crippen LogP) is 4.47. The number of unbranched alkanes of at least 4 members (excludes halogenated alkanes) is 2. The summed E-state index contributed by atoms with van der Waals surface area (Å²) in [5.41, 5.74) is 0. The Hall–Kier alpha value is 0.310. The molecule has 1 atom stereocenters. The molecule has 1 aliphatic carbocycles. The van der Waals surface area contributed by atoms with Crippen LogP contribution in [0.4, 0.5) is 0 Å². The molecular formula is C15H31NS. The molecule has 102 valence electrons. The van der Waals surface area contributed by atoms with Crippen LogP contribution in [0.2, 0.25) is 0 Å². The van der Waals surface area contributed by atoms with E-state index in [-0.39, 0.29) is 0 Å². The van der Waals surface area contributed by atoms with Crippen molar-refractivity contribution >= 4 is 11.8 Å². The molecule has 1 nitrogen and oxygen atoms in total. The van der Waals surface area contributed by atoms with Crippen LogP contribution in [-0.2, 0) is 0 Å². The molecule has 1 N–H and O–H groups in total. The van der Waals surface area contributed by atoms with E-state index in [0.29, 0.717) is 0 Å². The maximum Gasteiger partial charge on any atom is 0.0186 e. The molecule has 1 fully saturated rings. The first-order valence-corrected chi connectivity index (χ1v) is 8.85. The molecule has 0 amide bonds. The molecule has 0 heterocycles. The molecule has 2 heteroatoms. The summed E-state index contributed by atoms with van der Waals surface area (Å²) in [7, 11) is 0. The smallest absolute Gasteiger partial charge is 0.0186 e. The van der Waals surface area contributed by atoms with Gasteiger partial charge in [0.2, 0.25) is 0 Å². The van der Waals surface area contributed by atoms with Crippen molar-refractivity contribution < 1.29 is 0 Å². The van der Waals surface area contributed by atoms with Crippen LogP contribution in [-0.4, -0.2) is 24.1 Å². The highest BCUT2D eigenvalue weighted by molar-refractivity contribution is 7.99. The van der Waals surface area contributed by atoms with Crippen LogP contribution in [0, 0.1) is 5.92 Å². The number of hydrogen-bond donors (Lipinski definition) is 1. The molecule has 0 aromatic heterocycles. The number of hydrogen-bond acceptors (Lipinski definition) is 2. The third-order valence-corrected chi connectivity index (χ3v) is 4.99. The molecule has 1 saturated carbocycles. The van der Waals surface area contributed by atoms with Crippen molar-refractivity contribution in [3.05, 3.63) is 0 Å². The van der Waals surface area contributed by atoms with Crippen molar-refractivity contribution in [2.24, 2.45) is 5.92 Å². The highest BCUT2D eigenvalue weighted by atomic mass is 32.2. The Morgan fingerprint density at radius 3 is 2.53 bits per heavy atom. The fourth-order valence-corrected chi connectivity index (χ4v) is 3.93. The van der Waals surface area contributed by atoms with Gasteiger partial charge in [0.05, 0.1) is 0 Å². The van der Waals surface area contributed by atoms with E-state index in [9.17, 15) is 0 Å².